The van der Waals surface area contributed by atoms with Crippen molar-refractivity contribution in [3.05, 3.63) is 29.8 Å². The topological polar surface area (TPSA) is 75.4 Å². The second-order valence-electron chi connectivity index (χ2n) is 4.95. The van der Waals surface area contributed by atoms with Gasteiger partial charge < -0.3 is 16.0 Å². The summed E-state index contributed by atoms with van der Waals surface area (Å²) in [5, 5.41) is 2.77. The Bertz CT molecular complexity index is 490. The molecule has 0 aliphatic carbocycles. The van der Waals surface area contributed by atoms with Crippen LogP contribution in [0.25, 0.3) is 0 Å². The minimum atomic E-state index is -0.0906. The van der Waals surface area contributed by atoms with E-state index in [-0.39, 0.29) is 24.2 Å². The van der Waals surface area contributed by atoms with Gasteiger partial charge in [0.2, 0.25) is 11.8 Å². The molecule has 0 atom stereocenters. The molecule has 2 rings (SSSR count). The number of carbonyl (C=O) groups is 2. The molecule has 5 nitrogen and oxygen atoms in total. The van der Waals surface area contributed by atoms with Gasteiger partial charge in [0.05, 0.1) is 6.42 Å². The molecule has 1 aliphatic heterocycles. The van der Waals surface area contributed by atoms with Crippen molar-refractivity contribution in [2.24, 2.45) is 5.73 Å². The van der Waals surface area contributed by atoms with Crippen molar-refractivity contribution in [3.63, 3.8) is 0 Å². The Labute approximate surface area is 141 Å². The van der Waals surface area contributed by atoms with Gasteiger partial charge in [-0.1, -0.05) is 12.1 Å². The quantitative estimate of drug-likeness (QED) is 0.849. The first-order chi connectivity index (χ1) is 10.2. The number of nitrogens with zero attached hydrogens (tertiary/aromatic N) is 1. The lowest BCUT2D eigenvalue weighted by molar-refractivity contribution is -0.130. The van der Waals surface area contributed by atoms with Crippen LogP contribution in [0.3, 0.4) is 0 Å². The largest absolute Gasteiger partial charge is 0.341 e. The van der Waals surface area contributed by atoms with Crippen molar-refractivity contribution in [1.29, 1.82) is 0 Å². The van der Waals surface area contributed by atoms with Crippen molar-refractivity contribution in [1.82, 2.24) is 4.90 Å². The molecule has 3 N–H and O–H groups in total. The van der Waals surface area contributed by atoms with Gasteiger partial charge in [0, 0.05) is 43.2 Å². The monoisotopic (exact) mass is 343 g/mol. The van der Waals surface area contributed by atoms with E-state index < -0.39 is 0 Å². The van der Waals surface area contributed by atoms with Crippen LogP contribution in [0.1, 0.15) is 12.0 Å². The average Bonchev–Trinajstić information content (AvgIpc) is 2.50. The van der Waals surface area contributed by atoms with Gasteiger partial charge in [0.15, 0.2) is 0 Å². The first-order valence-corrected chi connectivity index (χ1v) is 8.29. The zero-order chi connectivity index (χ0) is 15.1. The van der Waals surface area contributed by atoms with Crippen molar-refractivity contribution in [2.75, 3.05) is 36.5 Å². The van der Waals surface area contributed by atoms with Gasteiger partial charge in [-0.2, -0.15) is 11.8 Å². The molecule has 1 aromatic carbocycles. The minimum Gasteiger partial charge on any atom is -0.341 e. The van der Waals surface area contributed by atoms with Gasteiger partial charge in [-0.05, 0) is 17.7 Å². The lowest BCUT2D eigenvalue weighted by Gasteiger charge is -2.26. The van der Waals surface area contributed by atoms with Gasteiger partial charge in [-0.15, -0.1) is 12.4 Å². The summed E-state index contributed by atoms with van der Waals surface area (Å²) in [6.45, 7) is 2.03. The van der Waals surface area contributed by atoms with E-state index in [4.69, 9.17) is 5.73 Å². The number of carbonyl (C=O) groups excluding carboxylic acids is 2. The Morgan fingerprint density at radius 3 is 2.41 bits per heavy atom. The first kappa shape index (κ1) is 18.8. The number of nitrogens with one attached hydrogen (secondary N) is 1. The molecule has 1 fully saturated rings. The number of hydrogen-bond acceptors (Lipinski definition) is 4. The van der Waals surface area contributed by atoms with E-state index in [2.05, 4.69) is 5.32 Å². The fraction of sp³-hybridized carbons (Fsp3) is 0.467. The fourth-order valence-electron chi connectivity index (χ4n) is 2.16. The Kier molecular flexibility index (Phi) is 8.30. The summed E-state index contributed by atoms with van der Waals surface area (Å²) in [7, 11) is 0. The number of halogens is 1. The van der Waals surface area contributed by atoms with Crippen LogP contribution in [-0.4, -0.2) is 47.9 Å². The lowest BCUT2D eigenvalue weighted by Crippen LogP contribution is -2.38. The van der Waals surface area contributed by atoms with E-state index in [0.717, 1.165) is 35.8 Å². The zero-order valence-corrected chi connectivity index (χ0v) is 14.0. The number of benzene rings is 1. The molecule has 1 heterocycles. The summed E-state index contributed by atoms with van der Waals surface area (Å²) < 4.78 is 0. The molecule has 0 bridgehead atoms. The summed E-state index contributed by atoms with van der Waals surface area (Å²) in [5.74, 6) is 2.14. The lowest BCUT2D eigenvalue weighted by atomic mass is 10.1. The van der Waals surface area contributed by atoms with Crippen LogP contribution < -0.4 is 11.1 Å². The van der Waals surface area contributed by atoms with Gasteiger partial charge >= 0.3 is 0 Å². The second kappa shape index (κ2) is 9.71. The van der Waals surface area contributed by atoms with Crippen molar-refractivity contribution in [2.45, 2.75) is 12.8 Å². The summed E-state index contributed by atoms with van der Waals surface area (Å²) in [5.41, 5.74) is 7.03. The van der Waals surface area contributed by atoms with E-state index >= 15 is 0 Å². The second-order valence-corrected chi connectivity index (χ2v) is 6.18. The maximum absolute atomic E-state index is 12.1. The van der Waals surface area contributed by atoms with Crippen LogP contribution in [-0.2, 0) is 16.0 Å². The summed E-state index contributed by atoms with van der Waals surface area (Å²) >= 11 is 1.89. The van der Waals surface area contributed by atoms with Crippen molar-refractivity contribution in [3.8, 4) is 0 Å². The van der Waals surface area contributed by atoms with Gasteiger partial charge in [0.1, 0.15) is 0 Å². The summed E-state index contributed by atoms with van der Waals surface area (Å²) in [6.07, 6.45) is 0.731. The highest BCUT2D eigenvalue weighted by Gasteiger charge is 2.16. The third-order valence-corrected chi connectivity index (χ3v) is 4.27. The molecule has 0 spiro atoms. The average molecular weight is 344 g/mol. The molecule has 0 aromatic heterocycles. The van der Waals surface area contributed by atoms with E-state index in [1.165, 1.54) is 0 Å². The maximum atomic E-state index is 12.1. The molecule has 2 amide bonds. The SMILES string of the molecule is Cl.NCCC(=O)Nc1ccc(CC(=O)N2CCSCC2)cc1. The summed E-state index contributed by atoms with van der Waals surface area (Å²) in [6, 6.07) is 7.41. The Morgan fingerprint density at radius 1 is 1.18 bits per heavy atom. The van der Waals surface area contributed by atoms with E-state index in [9.17, 15) is 9.59 Å². The van der Waals surface area contributed by atoms with Crippen LogP contribution in [0.15, 0.2) is 24.3 Å². The molecule has 7 heteroatoms. The molecular formula is C15H22ClN3O2S. The van der Waals surface area contributed by atoms with E-state index in [1.54, 1.807) is 0 Å². The smallest absolute Gasteiger partial charge is 0.227 e. The molecule has 1 aromatic rings. The predicted octanol–water partition coefficient (Wildman–Crippen LogP) is 1.51. The van der Waals surface area contributed by atoms with Crippen molar-refractivity contribution < 1.29 is 9.59 Å². The third kappa shape index (κ3) is 5.87. The molecule has 1 aliphatic rings. The number of anilines is 1. The number of rotatable bonds is 5. The Hall–Kier alpha value is -1.24. The highest BCUT2D eigenvalue weighted by molar-refractivity contribution is 7.99. The zero-order valence-electron chi connectivity index (χ0n) is 12.4. The van der Waals surface area contributed by atoms with Gasteiger partial charge in [-0.25, -0.2) is 0 Å². The van der Waals surface area contributed by atoms with Gasteiger partial charge in [-0.3, -0.25) is 9.59 Å². The normalized spacial score (nSPS) is 14.1. The minimum absolute atomic E-state index is 0. The predicted molar refractivity (Wildman–Crippen MR) is 93.6 cm³/mol. The third-order valence-electron chi connectivity index (χ3n) is 3.33. The van der Waals surface area contributed by atoms with E-state index in [0.29, 0.717) is 19.4 Å². The molecule has 0 unspecified atom stereocenters. The Balaban J connectivity index is 0.00000242. The first-order valence-electron chi connectivity index (χ1n) is 7.13. The van der Waals surface area contributed by atoms with Gasteiger partial charge in [0.25, 0.3) is 0 Å². The van der Waals surface area contributed by atoms with Crippen LogP contribution >= 0.6 is 24.2 Å². The molecule has 122 valence electrons. The molecular weight excluding hydrogens is 322 g/mol. The number of thioether (sulfide) groups is 1. The number of nitrogens with two attached hydrogens (primary N) is 1. The van der Waals surface area contributed by atoms with Crippen LogP contribution in [0, 0.1) is 0 Å². The highest BCUT2D eigenvalue weighted by atomic mass is 35.5. The fourth-order valence-corrected chi connectivity index (χ4v) is 3.06. The molecule has 0 saturated carbocycles. The van der Waals surface area contributed by atoms with Crippen LogP contribution in [0.4, 0.5) is 5.69 Å². The van der Waals surface area contributed by atoms with Crippen molar-refractivity contribution >= 4 is 41.7 Å². The number of amides is 2. The highest BCUT2D eigenvalue weighted by Crippen LogP contribution is 2.14. The van der Waals surface area contributed by atoms with E-state index in [1.807, 2.05) is 40.9 Å². The Morgan fingerprint density at radius 2 is 1.82 bits per heavy atom. The molecule has 1 saturated heterocycles. The van der Waals surface area contributed by atoms with Crippen LogP contribution in [0.5, 0.6) is 0 Å². The van der Waals surface area contributed by atoms with Crippen LogP contribution in [0.2, 0.25) is 0 Å². The summed E-state index contributed by atoms with van der Waals surface area (Å²) in [4.78, 5) is 25.5. The molecule has 0 radical (unpaired) electrons. The maximum Gasteiger partial charge on any atom is 0.227 e. The molecule has 22 heavy (non-hydrogen) atoms. The number of hydrogen-bond donors (Lipinski definition) is 2. The standard InChI is InChI=1S/C15H21N3O2S.ClH/c16-6-5-14(19)17-13-3-1-12(2-4-13)11-15(20)18-7-9-21-10-8-18;/h1-4H,5-11,16H2,(H,17,19);1H.